The minimum absolute atomic E-state index is 0.566. The maximum atomic E-state index is 11.7. The summed E-state index contributed by atoms with van der Waals surface area (Å²) in [6.45, 7) is 2.61. The molecule has 0 radical (unpaired) electrons. The van der Waals surface area contributed by atoms with Gasteiger partial charge in [-0.05, 0) is 6.42 Å². The molecule has 0 fully saturated rings. The van der Waals surface area contributed by atoms with Crippen LogP contribution in [0.25, 0.3) is 0 Å². The second-order valence-electron chi connectivity index (χ2n) is 1.68. The molecular formula is C5H12FN. The fourth-order valence-electron chi connectivity index (χ4n) is 0.376. The van der Waals surface area contributed by atoms with Gasteiger partial charge in [0.25, 0.3) is 0 Å². The molecule has 44 valence electrons. The lowest BCUT2D eigenvalue weighted by atomic mass is 10.3. The highest BCUT2D eigenvalue weighted by molar-refractivity contribution is 4.34. The highest BCUT2D eigenvalue weighted by Gasteiger charge is 1.88. The Morgan fingerprint density at radius 3 is 2.29 bits per heavy atom. The fraction of sp³-hybridized carbons (Fsp3) is 1.00. The molecular weight excluding hydrogens is 93.1 g/mol. The van der Waals surface area contributed by atoms with Crippen LogP contribution in [0.4, 0.5) is 4.48 Å². The summed E-state index contributed by atoms with van der Waals surface area (Å²) in [5.41, 5.74) is 0. The molecule has 0 aliphatic carbocycles. The van der Waals surface area contributed by atoms with E-state index in [0.29, 0.717) is 11.7 Å². The van der Waals surface area contributed by atoms with E-state index in [0.717, 1.165) is 12.8 Å². The van der Waals surface area contributed by atoms with Gasteiger partial charge in [-0.15, -0.1) is 9.60 Å². The van der Waals surface area contributed by atoms with E-state index >= 15 is 0 Å². The van der Waals surface area contributed by atoms with Crippen molar-refractivity contribution in [2.45, 2.75) is 19.8 Å². The molecule has 0 aromatic heterocycles. The molecule has 0 aromatic carbocycles. The molecule has 0 rings (SSSR count). The normalized spacial score (nSPS) is 10.3. The average Bonchev–Trinajstić information content (AvgIpc) is 1.61. The molecule has 0 aliphatic rings. The molecule has 0 N–H and O–H groups in total. The summed E-state index contributed by atoms with van der Waals surface area (Å²) in [5.74, 6) is 0. The molecule has 0 unspecified atom stereocenters. The molecule has 2 heteroatoms. The minimum atomic E-state index is 0.566. The molecule has 7 heavy (non-hydrogen) atoms. The first kappa shape index (κ1) is 6.89. The first-order chi connectivity index (χ1) is 3.27. The van der Waals surface area contributed by atoms with E-state index in [1.165, 1.54) is 7.05 Å². The largest absolute Gasteiger partial charge is 0.149 e. The molecule has 0 saturated carbocycles. The molecule has 0 amide bonds. The predicted molar refractivity (Wildman–Crippen MR) is 28.6 cm³/mol. The van der Waals surface area contributed by atoms with Crippen molar-refractivity contribution < 1.29 is 4.48 Å². The Morgan fingerprint density at radius 1 is 1.57 bits per heavy atom. The van der Waals surface area contributed by atoms with Gasteiger partial charge in [0, 0.05) is 13.6 Å². The lowest BCUT2D eigenvalue weighted by molar-refractivity contribution is 0.0586. The van der Waals surface area contributed by atoms with Gasteiger partial charge in [0.05, 0.1) is 0 Å². The van der Waals surface area contributed by atoms with E-state index in [2.05, 4.69) is 0 Å². The monoisotopic (exact) mass is 105 g/mol. The number of hydrogen-bond acceptors (Lipinski definition) is 1. The van der Waals surface area contributed by atoms with E-state index in [4.69, 9.17) is 0 Å². The maximum Gasteiger partial charge on any atom is 0.0287 e. The van der Waals surface area contributed by atoms with E-state index in [-0.39, 0.29) is 0 Å². The third-order valence-electron chi connectivity index (χ3n) is 0.820. The zero-order valence-corrected chi connectivity index (χ0v) is 4.95. The van der Waals surface area contributed by atoms with E-state index in [1.807, 2.05) is 6.92 Å². The highest BCUT2D eigenvalue weighted by atomic mass is 19.2. The Balaban J connectivity index is 2.68. The van der Waals surface area contributed by atoms with Gasteiger partial charge in [0.15, 0.2) is 0 Å². The summed E-state index contributed by atoms with van der Waals surface area (Å²) >= 11 is 0. The van der Waals surface area contributed by atoms with Gasteiger partial charge in [0.2, 0.25) is 0 Å². The molecule has 0 bridgehead atoms. The summed E-state index contributed by atoms with van der Waals surface area (Å²) in [5, 5.41) is 0.712. The number of rotatable bonds is 3. The van der Waals surface area contributed by atoms with Gasteiger partial charge in [0.1, 0.15) is 0 Å². The molecule has 0 heterocycles. The fourth-order valence-corrected chi connectivity index (χ4v) is 0.376. The first-order valence-corrected chi connectivity index (χ1v) is 2.64. The zero-order valence-electron chi connectivity index (χ0n) is 4.95. The minimum Gasteiger partial charge on any atom is -0.149 e. The Bertz CT molecular complexity index is 37.1. The number of unbranched alkanes of at least 4 members (excludes halogenated alkanes) is 1. The Labute approximate surface area is 44.1 Å². The highest BCUT2D eigenvalue weighted by Crippen LogP contribution is 1.89. The van der Waals surface area contributed by atoms with Crippen LogP contribution in [-0.4, -0.2) is 18.7 Å². The SMILES string of the molecule is CCCCN(C)F. The lowest BCUT2D eigenvalue weighted by Crippen LogP contribution is -2.06. The van der Waals surface area contributed by atoms with Gasteiger partial charge < -0.3 is 0 Å². The second-order valence-corrected chi connectivity index (χ2v) is 1.68. The average molecular weight is 105 g/mol. The maximum absolute atomic E-state index is 11.7. The topological polar surface area (TPSA) is 3.24 Å². The third-order valence-corrected chi connectivity index (χ3v) is 0.820. The summed E-state index contributed by atoms with van der Waals surface area (Å²) in [4.78, 5) is 0. The Morgan fingerprint density at radius 2 is 2.14 bits per heavy atom. The van der Waals surface area contributed by atoms with Gasteiger partial charge in [-0.1, -0.05) is 13.3 Å². The number of nitrogens with zero attached hydrogens (tertiary/aromatic N) is 1. The molecule has 0 saturated heterocycles. The van der Waals surface area contributed by atoms with Crippen molar-refractivity contribution in [1.29, 1.82) is 0 Å². The summed E-state index contributed by atoms with van der Waals surface area (Å²) in [7, 11) is 1.44. The van der Waals surface area contributed by atoms with Crippen LogP contribution in [0.2, 0.25) is 0 Å². The second kappa shape index (κ2) is 4.06. The Hall–Kier alpha value is -0.110. The lowest BCUT2D eigenvalue weighted by Gasteiger charge is -2.00. The Kier molecular flexibility index (Phi) is 4.00. The smallest absolute Gasteiger partial charge is 0.0287 e. The van der Waals surface area contributed by atoms with Gasteiger partial charge in [-0.2, -0.15) is 0 Å². The van der Waals surface area contributed by atoms with Crippen LogP contribution < -0.4 is 0 Å². The van der Waals surface area contributed by atoms with Crippen LogP contribution in [-0.2, 0) is 0 Å². The van der Waals surface area contributed by atoms with Gasteiger partial charge >= 0.3 is 0 Å². The molecule has 0 atom stereocenters. The van der Waals surface area contributed by atoms with Crippen LogP contribution in [0.1, 0.15) is 19.8 Å². The molecule has 1 nitrogen and oxygen atoms in total. The number of hydrogen-bond donors (Lipinski definition) is 0. The summed E-state index contributed by atoms with van der Waals surface area (Å²) < 4.78 is 11.7. The van der Waals surface area contributed by atoms with Crippen molar-refractivity contribution in [3.05, 3.63) is 0 Å². The molecule has 0 aromatic rings. The van der Waals surface area contributed by atoms with Crippen molar-refractivity contribution in [2.24, 2.45) is 0 Å². The van der Waals surface area contributed by atoms with E-state index in [9.17, 15) is 4.48 Å². The van der Waals surface area contributed by atoms with Crippen molar-refractivity contribution in [3.8, 4) is 0 Å². The van der Waals surface area contributed by atoms with Crippen LogP contribution in [0.15, 0.2) is 0 Å². The quantitative estimate of drug-likeness (QED) is 0.493. The third kappa shape index (κ3) is 5.89. The van der Waals surface area contributed by atoms with E-state index in [1.54, 1.807) is 0 Å². The van der Waals surface area contributed by atoms with Crippen molar-refractivity contribution in [2.75, 3.05) is 13.6 Å². The molecule has 0 aliphatic heterocycles. The molecule has 0 spiro atoms. The van der Waals surface area contributed by atoms with Crippen molar-refractivity contribution >= 4 is 0 Å². The van der Waals surface area contributed by atoms with Crippen molar-refractivity contribution in [1.82, 2.24) is 5.12 Å². The van der Waals surface area contributed by atoms with Crippen LogP contribution in [0, 0.1) is 0 Å². The standard InChI is InChI=1S/C5H12FN/c1-3-4-5-7(2)6/h3-5H2,1-2H3. The van der Waals surface area contributed by atoms with Crippen LogP contribution in [0.3, 0.4) is 0 Å². The van der Waals surface area contributed by atoms with Crippen LogP contribution in [0.5, 0.6) is 0 Å². The predicted octanol–water partition coefficient (Wildman–Crippen LogP) is 1.60. The van der Waals surface area contributed by atoms with Crippen LogP contribution >= 0.6 is 0 Å². The zero-order chi connectivity index (χ0) is 5.70. The summed E-state index contributed by atoms with van der Waals surface area (Å²) in [6.07, 6.45) is 2.02. The van der Waals surface area contributed by atoms with E-state index < -0.39 is 0 Å². The van der Waals surface area contributed by atoms with Gasteiger partial charge in [-0.25, -0.2) is 0 Å². The number of halogens is 1. The van der Waals surface area contributed by atoms with Gasteiger partial charge in [-0.3, -0.25) is 0 Å². The first-order valence-electron chi connectivity index (χ1n) is 2.64. The summed E-state index contributed by atoms with van der Waals surface area (Å²) in [6, 6.07) is 0. The van der Waals surface area contributed by atoms with Crippen molar-refractivity contribution in [3.63, 3.8) is 0 Å².